The maximum atomic E-state index is 12.6. The van der Waals surface area contributed by atoms with E-state index in [1.54, 1.807) is 12.1 Å². The smallest absolute Gasteiger partial charge is 0.318 e. The largest absolute Gasteiger partial charge is 0.338 e. The van der Waals surface area contributed by atoms with E-state index in [2.05, 4.69) is 5.16 Å². The van der Waals surface area contributed by atoms with E-state index in [1.807, 2.05) is 30.3 Å². The third-order valence-corrected chi connectivity index (χ3v) is 6.55. The van der Waals surface area contributed by atoms with Gasteiger partial charge in [0.05, 0.1) is 17.0 Å². The number of carbonyl (C=O) groups is 1. The fourth-order valence-corrected chi connectivity index (χ4v) is 4.44. The highest BCUT2D eigenvalue weighted by atomic mass is 35.5. The van der Waals surface area contributed by atoms with E-state index in [1.165, 1.54) is 22.7 Å². The van der Waals surface area contributed by atoms with Crippen LogP contribution in [0.15, 0.2) is 64.6 Å². The highest BCUT2D eigenvalue weighted by Gasteiger charge is 2.33. The predicted molar refractivity (Wildman–Crippen MR) is 103 cm³/mol. The molecule has 0 spiro atoms. The van der Waals surface area contributed by atoms with E-state index in [9.17, 15) is 13.2 Å². The van der Waals surface area contributed by atoms with Crippen LogP contribution in [0.3, 0.4) is 0 Å². The molecule has 2 aromatic rings. The van der Waals surface area contributed by atoms with Crippen LogP contribution in [0.4, 0.5) is 0 Å². The normalized spacial score (nSPS) is 16.5. The van der Waals surface area contributed by atoms with Crippen LogP contribution in [0, 0.1) is 5.92 Å². The molecular weight excluding hydrogens is 388 g/mol. The number of benzene rings is 2. The number of nitrogens with zero attached hydrogens (tertiary/aromatic N) is 2. The van der Waals surface area contributed by atoms with Gasteiger partial charge in [0, 0.05) is 18.1 Å². The molecule has 0 atom stereocenters. The number of sulfonamides is 1. The highest BCUT2D eigenvalue weighted by Crippen LogP contribution is 2.25. The first-order chi connectivity index (χ1) is 13.0. The van der Waals surface area contributed by atoms with Crippen LogP contribution in [0.5, 0.6) is 0 Å². The van der Waals surface area contributed by atoms with Crippen molar-refractivity contribution in [3.05, 3.63) is 65.2 Å². The van der Waals surface area contributed by atoms with E-state index in [0.29, 0.717) is 17.9 Å². The van der Waals surface area contributed by atoms with Crippen LogP contribution >= 0.6 is 11.6 Å². The number of rotatable bonds is 5. The standard InChI is InChI=1S/C19H19ClN2O4S/c20-17-6-8-18(9-7-17)27(24,25)22-12-10-16(11-13-22)19(23)26-21-14-15-4-2-1-3-5-15/h1-9,14,16H,10-13H2/b21-14+. The van der Waals surface area contributed by atoms with E-state index in [0.717, 1.165) is 5.56 Å². The summed E-state index contributed by atoms with van der Waals surface area (Å²) in [5.41, 5.74) is 0.828. The molecule has 1 fully saturated rings. The molecular formula is C19H19ClN2O4S. The Morgan fingerprint density at radius 2 is 1.70 bits per heavy atom. The first-order valence-corrected chi connectivity index (χ1v) is 10.3. The molecule has 1 aliphatic heterocycles. The molecule has 0 aliphatic carbocycles. The summed E-state index contributed by atoms with van der Waals surface area (Å²) in [6.45, 7) is 0.514. The van der Waals surface area contributed by atoms with Crippen molar-refractivity contribution in [3.8, 4) is 0 Å². The van der Waals surface area contributed by atoms with Crippen molar-refractivity contribution in [3.63, 3.8) is 0 Å². The molecule has 0 bridgehead atoms. The van der Waals surface area contributed by atoms with Gasteiger partial charge in [0.15, 0.2) is 0 Å². The van der Waals surface area contributed by atoms with Crippen molar-refractivity contribution < 1.29 is 18.0 Å². The molecule has 0 N–H and O–H groups in total. The molecule has 0 unspecified atom stereocenters. The lowest BCUT2D eigenvalue weighted by atomic mass is 9.99. The monoisotopic (exact) mass is 406 g/mol. The van der Waals surface area contributed by atoms with Crippen LogP contribution in [0.25, 0.3) is 0 Å². The summed E-state index contributed by atoms with van der Waals surface area (Å²) in [4.78, 5) is 17.3. The van der Waals surface area contributed by atoms with Crippen molar-refractivity contribution >= 4 is 33.8 Å². The van der Waals surface area contributed by atoms with Gasteiger partial charge in [-0.15, -0.1) is 0 Å². The van der Waals surface area contributed by atoms with Gasteiger partial charge in [0.2, 0.25) is 10.0 Å². The lowest BCUT2D eigenvalue weighted by molar-refractivity contribution is -0.149. The zero-order chi connectivity index (χ0) is 19.3. The minimum atomic E-state index is -3.59. The third kappa shape index (κ3) is 4.94. The molecule has 142 valence electrons. The minimum absolute atomic E-state index is 0.195. The Kier molecular flexibility index (Phi) is 6.26. The van der Waals surface area contributed by atoms with E-state index in [-0.39, 0.29) is 23.9 Å². The van der Waals surface area contributed by atoms with Crippen LogP contribution in [0.2, 0.25) is 5.02 Å². The molecule has 3 rings (SSSR count). The van der Waals surface area contributed by atoms with Gasteiger partial charge in [-0.25, -0.2) is 13.2 Å². The van der Waals surface area contributed by atoms with Crippen molar-refractivity contribution in [1.82, 2.24) is 4.31 Å². The van der Waals surface area contributed by atoms with E-state index in [4.69, 9.17) is 16.4 Å². The molecule has 1 saturated heterocycles. The van der Waals surface area contributed by atoms with Gasteiger partial charge in [0.25, 0.3) is 0 Å². The maximum Gasteiger partial charge on any atom is 0.338 e. The molecule has 6 nitrogen and oxygen atoms in total. The summed E-state index contributed by atoms with van der Waals surface area (Å²) >= 11 is 5.81. The summed E-state index contributed by atoms with van der Waals surface area (Å²) in [6.07, 6.45) is 2.26. The van der Waals surface area contributed by atoms with Crippen molar-refractivity contribution in [2.45, 2.75) is 17.7 Å². The Bertz CT molecular complexity index is 906. The summed E-state index contributed by atoms with van der Waals surface area (Å²) in [5, 5.41) is 4.20. The zero-order valence-corrected chi connectivity index (χ0v) is 16.1. The molecule has 1 aliphatic rings. The van der Waals surface area contributed by atoms with Crippen molar-refractivity contribution in [2.24, 2.45) is 11.1 Å². The average molecular weight is 407 g/mol. The first kappa shape index (κ1) is 19.5. The summed E-state index contributed by atoms with van der Waals surface area (Å²) < 4.78 is 26.7. The predicted octanol–water partition coefficient (Wildman–Crippen LogP) is 3.32. The Hall–Kier alpha value is -2.22. The van der Waals surface area contributed by atoms with E-state index < -0.39 is 16.0 Å². The average Bonchev–Trinajstić information content (AvgIpc) is 2.69. The fourth-order valence-electron chi connectivity index (χ4n) is 2.84. The molecule has 0 saturated carbocycles. The second-order valence-corrected chi connectivity index (χ2v) is 8.56. The van der Waals surface area contributed by atoms with Gasteiger partial charge in [-0.2, -0.15) is 4.31 Å². The Labute approximate surface area is 163 Å². The summed E-state index contributed by atoms with van der Waals surface area (Å²) in [7, 11) is -3.59. The van der Waals surface area contributed by atoms with Gasteiger partial charge in [-0.3, -0.25) is 0 Å². The topological polar surface area (TPSA) is 76.0 Å². The number of piperidine rings is 1. The number of oxime groups is 1. The van der Waals surface area contributed by atoms with Gasteiger partial charge in [-0.1, -0.05) is 47.1 Å². The molecule has 2 aromatic carbocycles. The lowest BCUT2D eigenvalue weighted by Crippen LogP contribution is -2.40. The molecule has 1 heterocycles. The van der Waals surface area contributed by atoms with E-state index >= 15 is 0 Å². The van der Waals surface area contributed by atoms with Gasteiger partial charge < -0.3 is 4.84 Å². The number of halogens is 1. The SMILES string of the molecule is O=C(O/N=C/c1ccccc1)C1CCN(S(=O)(=O)c2ccc(Cl)cc2)CC1. The number of hydrogen-bond acceptors (Lipinski definition) is 5. The first-order valence-electron chi connectivity index (χ1n) is 8.52. The molecule has 0 amide bonds. The second kappa shape index (κ2) is 8.65. The van der Waals surface area contributed by atoms with Crippen LogP contribution in [-0.4, -0.2) is 38.0 Å². The van der Waals surface area contributed by atoms with Gasteiger partial charge >= 0.3 is 5.97 Å². The molecule has 0 aromatic heterocycles. The van der Waals surface area contributed by atoms with Crippen molar-refractivity contribution in [1.29, 1.82) is 0 Å². The minimum Gasteiger partial charge on any atom is -0.318 e. The zero-order valence-electron chi connectivity index (χ0n) is 14.5. The molecule has 27 heavy (non-hydrogen) atoms. The molecule has 8 heteroatoms. The van der Waals surface area contributed by atoms with Crippen LogP contribution in [-0.2, 0) is 19.7 Å². The van der Waals surface area contributed by atoms with Gasteiger partial charge in [0.1, 0.15) is 0 Å². The number of carbonyl (C=O) groups excluding carboxylic acids is 1. The Balaban J connectivity index is 1.54. The van der Waals surface area contributed by atoms with Crippen LogP contribution < -0.4 is 0 Å². The molecule has 0 radical (unpaired) electrons. The highest BCUT2D eigenvalue weighted by molar-refractivity contribution is 7.89. The second-order valence-electron chi connectivity index (χ2n) is 6.19. The fraction of sp³-hybridized carbons (Fsp3) is 0.263. The quantitative estimate of drug-likeness (QED) is 0.433. The lowest BCUT2D eigenvalue weighted by Gasteiger charge is -2.29. The van der Waals surface area contributed by atoms with Crippen molar-refractivity contribution in [2.75, 3.05) is 13.1 Å². The number of hydrogen-bond donors (Lipinski definition) is 0. The Morgan fingerprint density at radius 1 is 1.07 bits per heavy atom. The van der Waals surface area contributed by atoms with Gasteiger partial charge in [-0.05, 0) is 42.7 Å². The third-order valence-electron chi connectivity index (χ3n) is 4.38. The van der Waals surface area contributed by atoms with Crippen LogP contribution in [0.1, 0.15) is 18.4 Å². The maximum absolute atomic E-state index is 12.6. The summed E-state index contributed by atoms with van der Waals surface area (Å²) in [5.74, 6) is -0.805. The Morgan fingerprint density at radius 3 is 2.33 bits per heavy atom. The summed E-state index contributed by atoms with van der Waals surface area (Å²) in [6, 6.07) is 15.4.